The first-order valence-electron chi connectivity index (χ1n) is 10.8. The number of nitrogens with zero attached hydrogens (tertiary/aromatic N) is 2. The second-order valence-electron chi connectivity index (χ2n) is 8.24. The van der Waals surface area contributed by atoms with E-state index < -0.39 is 17.7 Å². The molecule has 1 aromatic carbocycles. The molecule has 0 amide bonds. The number of esters is 1. The number of ether oxygens (including phenoxy) is 1. The first-order chi connectivity index (χ1) is 16.6. The van der Waals surface area contributed by atoms with Gasteiger partial charge >= 0.3 is 12.1 Å². The Kier molecular flexibility index (Phi) is 6.68. The molecule has 0 fully saturated rings. The van der Waals surface area contributed by atoms with Crippen molar-refractivity contribution < 1.29 is 27.5 Å². The predicted molar refractivity (Wildman–Crippen MR) is 124 cm³/mol. The summed E-state index contributed by atoms with van der Waals surface area (Å²) in [6.07, 6.45) is 0.240. The van der Waals surface area contributed by atoms with Crippen LogP contribution < -0.4 is 5.32 Å². The second kappa shape index (κ2) is 9.69. The molecule has 3 aromatic rings. The standard InChI is InChI=1S/C26H22F3N3O3/c1-15-3-4-16(8-23(33)17-5-6-30-24(12-17)26(27,28)29)7-20(15)13-31-21-10-18-9-19(25(34)35-2)11-22(18)32-14-21/h3-7,9-10,12,14,31H,8,11,13H2,1-2H3. The van der Waals surface area contributed by atoms with Gasteiger partial charge in [0.15, 0.2) is 5.78 Å². The van der Waals surface area contributed by atoms with Gasteiger partial charge in [-0.05, 0) is 53.5 Å². The van der Waals surface area contributed by atoms with E-state index in [0.29, 0.717) is 24.1 Å². The molecule has 1 aliphatic rings. The molecule has 4 rings (SSSR count). The van der Waals surface area contributed by atoms with E-state index in [4.69, 9.17) is 4.74 Å². The Morgan fingerprint density at radius 3 is 2.66 bits per heavy atom. The monoisotopic (exact) mass is 481 g/mol. The zero-order valence-electron chi connectivity index (χ0n) is 19.1. The first kappa shape index (κ1) is 24.1. The number of nitrogens with one attached hydrogen (secondary N) is 1. The number of Topliss-reactive ketones (excluding diaryl/α,β-unsaturated/α-hetero) is 1. The molecular formula is C26H22F3N3O3. The number of methoxy groups -OCH3 is 1. The van der Waals surface area contributed by atoms with Crippen LogP contribution in [0.15, 0.2) is 54.4 Å². The van der Waals surface area contributed by atoms with E-state index in [9.17, 15) is 22.8 Å². The van der Waals surface area contributed by atoms with E-state index in [0.717, 1.165) is 40.3 Å². The molecule has 180 valence electrons. The number of hydrogen-bond acceptors (Lipinski definition) is 6. The maximum absolute atomic E-state index is 12.9. The number of carbonyl (C=O) groups excluding carboxylic acids is 2. The average Bonchev–Trinajstić information content (AvgIpc) is 3.27. The molecule has 6 nitrogen and oxygen atoms in total. The van der Waals surface area contributed by atoms with Crippen LogP contribution in [0.1, 0.15) is 44.0 Å². The number of rotatable bonds is 7. The van der Waals surface area contributed by atoms with Crippen LogP contribution in [-0.2, 0) is 35.1 Å². The van der Waals surface area contributed by atoms with Crippen molar-refractivity contribution in [3.63, 3.8) is 0 Å². The molecule has 2 heterocycles. The quantitative estimate of drug-likeness (QED) is 0.380. The summed E-state index contributed by atoms with van der Waals surface area (Å²) in [5.41, 5.74) is 4.48. The van der Waals surface area contributed by atoms with E-state index >= 15 is 0 Å². The van der Waals surface area contributed by atoms with E-state index in [2.05, 4.69) is 15.3 Å². The van der Waals surface area contributed by atoms with Gasteiger partial charge in [-0.3, -0.25) is 14.8 Å². The molecule has 35 heavy (non-hydrogen) atoms. The van der Waals surface area contributed by atoms with Gasteiger partial charge in [0, 0.05) is 36.7 Å². The fraction of sp³-hybridized carbons (Fsp3) is 0.231. The lowest BCUT2D eigenvalue weighted by atomic mass is 9.99. The van der Waals surface area contributed by atoms with Crippen molar-refractivity contribution in [2.75, 3.05) is 12.4 Å². The molecule has 9 heteroatoms. The van der Waals surface area contributed by atoms with Crippen LogP contribution in [0.5, 0.6) is 0 Å². The predicted octanol–water partition coefficient (Wildman–Crippen LogP) is 4.95. The summed E-state index contributed by atoms with van der Waals surface area (Å²) in [7, 11) is 1.34. The van der Waals surface area contributed by atoms with Crippen LogP contribution in [-0.4, -0.2) is 28.8 Å². The van der Waals surface area contributed by atoms with Crippen molar-refractivity contribution in [3.05, 3.63) is 93.6 Å². The summed E-state index contributed by atoms with van der Waals surface area (Å²) >= 11 is 0. The number of pyridine rings is 2. The molecule has 0 saturated carbocycles. The van der Waals surface area contributed by atoms with Crippen LogP contribution in [0.3, 0.4) is 0 Å². The minimum absolute atomic E-state index is 0.0313. The zero-order valence-corrected chi connectivity index (χ0v) is 19.1. The highest BCUT2D eigenvalue weighted by molar-refractivity contribution is 5.97. The van der Waals surface area contributed by atoms with Gasteiger partial charge in [-0.1, -0.05) is 18.2 Å². The second-order valence-corrected chi connectivity index (χ2v) is 8.24. The zero-order chi connectivity index (χ0) is 25.2. The number of aromatic nitrogens is 2. The van der Waals surface area contributed by atoms with Crippen molar-refractivity contribution in [1.82, 2.24) is 9.97 Å². The Morgan fingerprint density at radius 2 is 1.91 bits per heavy atom. The number of fused-ring (bicyclic) bond motifs is 1. The van der Waals surface area contributed by atoms with Crippen molar-refractivity contribution in [1.29, 1.82) is 0 Å². The topological polar surface area (TPSA) is 81.2 Å². The van der Waals surface area contributed by atoms with Crippen LogP contribution in [0, 0.1) is 6.92 Å². The summed E-state index contributed by atoms with van der Waals surface area (Å²) in [5.74, 6) is -0.794. The number of benzene rings is 1. The summed E-state index contributed by atoms with van der Waals surface area (Å²) in [6, 6.07) is 9.50. The van der Waals surface area contributed by atoms with Crippen molar-refractivity contribution >= 4 is 23.5 Å². The van der Waals surface area contributed by atoms with E-state index in [1.807, 2.05) is 25.1 Å². The highest BCUT2D eigenvalue weighted by Crippen LogP contribution is 2.28. The van der Waals surface area contributed by atoms with Crippen LogP contribution in [0.25, 0.3) is 6.08 Å². The summed E-state index contributed by atoms with van der Waals surface area (Å²) < 4.78 is 43.5. The lowest BCUT2D eigenvalue weighted by Crippen LogP contribution is -2.11. The molecule has 0 atom stereocenters. The third-order valence-electron chi connectivity index (χ3n) is 5.77. The Bertz CT molecular complexity index is 1330. The number of carbonyl (C=O) groups is 2. The minimum atomic E-state index is -4.61. The molecule has 0 aliphatic heterocycles. The normalized spacial score (nSPS) is 12.7. The highest BCUT2D eigenvalue weighted by atomic mass is 19.4. The highest BCUT2D eigenvalue weighted by Gasteiger charge is 2.33. The van der Waals surface area contributed by atoms with Gasteiger partial charge in [0.1, 0.15) is 5.69 Å². The maximum Gasteiger partial charge on any atom is 0.433 e. The molecule has 2 aromatic heterocycles. The van der Waals surface area contributed by atoms with Gasteiger partial charge in [-0.15, -0.1) is 0 Å². The largest absolute Gasteiger partial charge is 0.466 e. The smallest absolute Gasteiger partial charge is 0.433 e. The number of ketones is 1. The molecule has 0 saturated heterocycles. The Hall–Kier alpha value is -4.01. The first-order valence-corrected chi connectivity index (χ1v) is 10.8. The summed E-state index contributed by atoms with van der Waals surface area (Å²) in [4.78, 5) is 32.1. The number of hydrogen-bond donors (Lipinski definition) is 1. The molecule has 0 spiro atoms. The van der Waals surface area contributed by atoms with Crippen LogP contribution in [0.2, 0.25) is 0 Å². The third-order valence-corrected chi connectivity index (χ3v) is 5.77. The average molecular weight is 481 g/mol. The van der Waals surface area contributed by atoms with Crippen LogP contribution in [0.4, 0.5) is 18.9 Å². The Balaban J connectivity index is 1.45. The van der Waals surface area contributed by atoms with E-state index in [1.54, 1.807) is 18.3 Å². The van der Waals surface area contributed by atoms with Gasteiger partial charge in [0.2, 0.25) is 0 Å². The maximum atomic E-state index is 12.9. The van der Waals surface area contributed by atoms with Gasteiger partial charge in [-0.2, -0.15) is 13.2 Å². The van der Waals surface area contributed by atoms with Gasteiger partial charge in [-0.25, -0.2) is 4.79 Å². The number of alkyl halides is 3. The molecule has 0 radical (unpaired) electrons. The number of aryl methyl sites for hydroxylation is 1. The molecule has 1 N–H and O–H groups in total. The van der Waals surface area contributed by atoms with Gasteiger partial charge in [0.05, 0.1) is 24.7 Å². The van der Waals surface area contributed by atoms with Crippen molar-refractivity contribution in [2.24, 2.45) is 0 Å². The Labute approximate surface area is 199 Å². The minimum Gasteiger partial charge on any atom is -0.466 e. The number of anilines is 1. The lowest BCUT2D eigenvalue weighted by Gasteiger charge is -2.12. The Morgan fingerprint density at radius 1 is 1.11 bits per heavy atom. The number of halogens is 3. The molecule has 1 aliphatic carbocycles. The lowest BCUT2D eigenvalue weighted by molar-refractivity contribution is -0.141. The van der Waals surface area contributed by atoms with Gasteiger partial charge in [0.25, 0.3) is 0 Å². The van der Waals surface area contributed by atoms with Crippen LogP contribution >= 0.6 is 0 Å². The summed E-state index contributed by atoms with van der Waals surface area (Å²) in [6.45, 7) is 2.39. The third kappa shape index (κ3) is 5.56. The van der Waals surface area contributed by atoms with E-state index in [1.165, 1.54) is 13.2 Å². The SMILES string of the molecule is COC(=O)C1=Cc2cc(NCc3cc(CC(=O)c4ccnc(C(F)(F)F)c4)ccc3C)cnc2C1. The van der Waals surface area contributed by atoms with Crippen molar-refractivity contribution in [2.45, 2.75) is 32.5 Å². The van der Waals surface area contributed by atoms with Gasteiger partial charge < -0.3 is 10.1 Å². The fourth-order valence-electron chi connectivity index (χ4n) is 3.83. The molecule has 0 bridgehead atoms. The van der Waals surface area contributed by atoms with E-state index in [-0.39, 0.29) is 18.0 Å². The summed E-state index contributed by atoms with van der Waals surface area (Å²) in [5, 5.41) is 3.30. The van der Waals surface area contributed by atoms with Crippen molar-refractivity contribution in [3.8, 4) is 0 Å². The molecular weight excluding hydrogens is 459 g/mol. The fourth-order valence-corrected chi connectivity index (χ4v) is 3.83. The molecule has 0 unspecified atom stereocenters.